The Labute approximate surface area is 320 Å². The van der Waals surface area contributed by atoms with Gasteiger partial charge in [0.15, 0.2) is 0 Å². The zero-order valence-electron chi connectivity index (χ0n) is 34.0. The molecule has 3 fully saturated rings. The lowest BCUT2D eigenvalue weighted by molar-refractivity contribution is -0.121. The lowest BCUT2D eigenvalue weighted by Gasteiger charge is -2.38. The van der Waals surface area contributed by atoms with Crippen LogP contribution in [0.4, 0.5) is 9.59 Å². The van der Waals surface area contributed by atoms with E-state index in [4.69, 9.17) is 14.2 Å². The van der Waals surface area contributed by atoms with Crippen LogP contribution < -0.4 is 5.32 Å². The number of hydrogen-bond acceptors (Lipinski definition) is 11. The molecule has 3 aliphatic rings. The van der Waals surface area contributed by atoms with E-state index in [0.717, 1.165) is 31.8 Å². The Hall–Kier alpha value is -4.28. The number of methoxy groups -OCH3 is 1. The molecule has 0 radical (unpaired) electrons. The van der Waals surface area contributed by atoms with E-state index in [2.05, 4.69) is 24.8 Å². The third kappa shape index (κ3) is 13.5. The van der Waals surface area contributed by atoms with Crippen LogP contribution in [0, 0.1) is 0 Å². The third-order valence-corrected chi connectivity index (χ3v) is 9.12. The number of Topliss-reactive ketones (excluding diaryl/α,β-unsaturated/α-hetero) is 1. The first-order chi connectivity index (χ1) is 25.3. The number of carbonyl (C=O) groups is 3. The number of nitrogens with one attached hydrogen (secondary N) is 1. The molecule has 16 nitrogen and oxygen atoms in total. The fourth-order valence-electron chi connectivity index (χ4n) is 6.17. The van der Waals surface area contributed by atoms with Crippen LogP contribution in [0.25, 0.3) is 0 Å². The Bertz CT molecular complexity index is 1580. The molecule has 0 aliphatic carbocycles. The van der Waals surface area contributed by atoms with E-state index in [1.807, 2.05) is 96.6 Å². The molecule has 3 saturated heterocycles. The Balaban J connectivity index is 0.000000205. The van der Waals surface area contributed by atoms with Crippen molar-refractivity contribution in [2.24, 2.45) is 21.1 Å². The van der Waals surface area contributed by atoms with Crippen molar-refractivity contribution in [3.05, 3.63) is 55.2 Å². The van der Waals surface area contributed by atoms with Crippen LogP contribution in [0.2, 0.25) is 0 Å². The highest BCUT2D eigenvalue weighted by atomic mass is 16.6. The number of nitrogens with zero attached hydrogens (tertiary/aromatic N) is 8. The predicted molar refractivity (Wildman–Crippen MR) is 203 cm³/mol. The summed E-state index contributed by atoms with van der Waals surface area (Å²) in [6, 6.07) is 0. The lowest BCUT2D eigenvalue weighted by Crippen LogP contribution is -2.47. The topological polar surface area (TPSA) is 171 Å². The summed E-state index contributed by atoms with van der Waals surface area (Å²) in [5.41, 5.74) is -2.09. The maximum atomic E-state index is 12.0. The number of aryl methyl sites for hydroxylation is 3. The molecule has 16 heteroatoms. The number of aliphatic hydroxyl groups is 1. The maximum absolute atomic E-state index is 12.0. The Kier molecular flexibility index (Phi) is 15.8. The number of carbonyl (C=O) groups excluding carboxylic acids is 3. The van der Waals surface area contributed by atoms with Crippen molar-refractivity contribution in [3.8, 4) is 0 Å². The monoisotopic (exact) mass is 757 g/mol. The van der Waals surface area contributed by atoms with Crippen molar-refractivity contribution in [3.63, 3.8) is 0 Å². The Morgan fingerprint density at radius 3 is 1.59 bits per heavy atom. The summed E-state index contributed by atoms with van der Waals surface area (Å²) in [6.07, 6.45) is 15.9. The van der Waals surface area contributed by atoms with E-state index in [1.165, 1.54) is 0 Å². The summed E-state index contributed by atoms with van der Waals surface area (Å²) in [5.74, 6) is 1.92. The van der Waals surface area contributed by atoms with E-state index in [-0.39, 0.29) is 23.6 Å². The molecule has 0 saturated carbocycles. The molecule has 0 unspecified atom stereocenters. The second-order valence-corrected chi connectivity index (χ2v) is 15.9. The molecule has 2 amide bonds. The van der Waals surface area contributed by atoms with Gasteiger partial charge in [-0.1, -0.05) is 0 Å². The highest BCUT2D eigenvalue weighted by Gasteiger charge is 2.39. The zero-order valence-corrected chi connectivity index (χ0v) is 34.0. The summed E-state index contributed by atoms with van der Waals surface area (Å²) in [4.78, 5) is 50.1. The van der Waals surface area contributed by atoms with Crippen LogP contribution in [-0.4, -0.2) is 119 Å². The molecule has 2 N–H and O–H groups in total. The average Bonchev–Trinajstić information content (AvgIpc) is 3.88. The summed E-state index contributed by atoms with van der Waals surface area (Å²) >= 11 is 0. The van der Waals surface area contributed by atoms with Gasteiger partial charge in [-0.3, -0.25) is 4.79 Å². The number of piperidine rings is 3. The number of imidazole rings is 3. The molecule has 3 aromatic heterocycles. The van der Waals surface area contributed by atoms with Crippen LogP contribution in [0.5, 0.6) is 0 Å². The summed E-state index contributed by atoms with van der Waals surface area (Å²) in [5, 5.41) is 14.0. The molecular weight excluding hydrogens is 694 g/mol. The van der Waals surface area contributed by atoms with Crippen molar-refractivity contribution in [1.82, 2.24) is 43.8 Å². The van der Waals surface area contributed by atoms with Crippen LogP contribution in [0.15, 0.2) is 43.5 Å². The number of ketones is 1. The number of likely N-dealkylation sites (tertiary alicyclic amines) is 2. The normalized spacial score (nSPS) is 18.2. The minimum Gasteiger partial charge on any atom is -0.444 e. The first-order valence-corrected chi connectivity index (χ1v) is 18.6. The minimum absolute atomic E-state index is 0.177. The molecule has 0 aromatic carbocycles. The largest absolute Gasteiger partial charge is 0.444 e. The first-order valence-electron chi connectivity index (χ1n) is 18.6. The van der Waals surface area contributed by atoms with Crippen LogP contribution >= 0.6 is 0 Å². The van der Waals surface area contributed by atoms with Crippen molar-refractivity contribution < 1.29 is 33.7 Å². The van der Waals surface area contributed by atoms with E-state index < -0.39 is 16.8 Å². The second kappa shape index (κ2) is 19.4. The fourth-order valence-corrected chi connectivity index (χ4v) is 6.17. The van der Waals surface area contributed by atoms with Crippen molar-refractivity contribution >= 4 is 18.0 Å². The van der Waals surface area contributed by atoms with Gasteiger partial charge >= 0.3 is 12.2 Å². The lowest BCUT2D eigenvalue weighted by atomic mass is 9.90. The van der Waals surface area contributed by atoms with Gasteiger partial charge in [0.25, 0.3) is 0 Å². The predicted octanol–water partition coefficient (Wildman–Crippen LogP) is 4.29. The highest BCUT2D eigenvalue weighted by molar-refractivity contribution is 5.81. The highest BCUT2D eigenvalue weighted by Crippen LogP contribution is 2.33. The van der Waals surface area contributed by atoms with Gasteiger partial charge in [0.05, 0.1) is 6.33 Å². The second-order valence-electron chi connectivity index (χ2n) is 15.9. The minimum atomic E-state index is -0.962. The molecule has 6 heterocycles. The van der Waals surface area contributed by atoms with Crippen LogP contribution in [0.3, 0.4) is 0 Å². The Morgan fingerprint density at radius 2 is 1.22 bits per heavy atom. The van der Waals surface area contributed by atoms with Gasteiger partial charge in [-0.25, -0.2) is 24.5 Å². The van der Waals surface area contributed by atoms with E-state index >= 15 is 0 Å². The number of rotatable bonds is 3. The van der Waals surface area contributed by atoms with E-state index in [9.17, 15) is 19.5 Å². The smallest absolute Gasteiger partial charge is 0.410 e. The fraction of sp³-hybridized carbons (Fsp3) is 0.684. The Morgan fingerprint density at radius 1 is 0.741 bits per heavy atom. The van der Waals surface area contributed by atoms with E-state index in [1.54, 1.807) is 35.6 Å². The number of amides is 2. The number of hydrogen-bond donors (Lipinski definition) is 2. The van der Waals surface area contributed by atoms with Gasteiger partial charge < -0.3 is 48.1 Å². The van der Waals surface area contributed by atoms with Gasteiger partial charge in [-0.05, 0) is 67.5 Å². The molecule has 3 aromatic rings. The standard InChI is InChI=1S/C14H23N3O3.C10H17N3O.C10H17NO3.C4H6N2/c1-13(2,3)20-12(18)17-8-5-14(19,6-9-17)11-15-7-10-16(11)4;1-13-8-7-12-9(13)10(14-2)3-5-11-6-4-10;1-10(2,3)14-9(13)11-6-4-8(12)5-7-11;1-6-3-2-5-4-6/h7,10,19H,5-6,8-9H2,1-4H3;7-8,11H,3-6H2,1-2H3;4-7H2,1-3H3;2-4H,1H3. The average molecular weight is 758 g/mol. The molecule has 6 rings (SSSR count). The van der Waals surface area contributed by atoms with Crippen LogP contribution in [-0.2, 0) is 51.4 Å². The molecule has 302 valence electrons. The van der Waals surface area contributed by atoms with Gasteiger partial charge in [-0.15, -0.1) is 0 Å². The number of aromatic nitrogens is 6. The van der Waals surface area contributed by atoms with Crippen molar-refractivity contribution in [1.29, 1.82) is 0 Å². The molecule has 54 heavy (non-hydrogen) atoms. The summed E-state index contributed by atoms with van der Waals surface area (Å²) < 4.78 is 22.0. The number of ether oxygens (including phenoxy) is 3. The molecule has 0 bridgehead atoms. The van der Waals surface area contributed by atoms with Gasteiger partial charge in [0.1, 0.15) is 39.8 Å². The quantitative estimate of drug-likeness (QED) is 0.391. The zero-order chi connectivity index (χ0) is 40.2. The molecule has 3 aliphatic heterocycles. The SMILES string of the molecule is CC(C)(C)OC(=O)N1CCC(=O)CC1.COC1(c2nccn2C)CCNCC1.Cn1ccnc1.Cn1ccnc1C1(O)CCN(C(=O)OC(C)(C)C)CC1. The first kappa shape index (κ1) is 44.1. The van der Waals surface area contributed by atoms with Crippen molar-refractivity contribution in [2.45, 2.75) is 102 Å². The molecule has 0 spiro atoms. The van der Waals surface area contributed by atoms with Gasteiger partial charge in [0.2, 0.25) is 0 Å². The molecular formula is C38H63N9O7. The summed E-state index contributed by atoms with van der Waals surface area (Å²) in [7, 11) is 7.60. The van der Waals surface area contributed by atoms with Gasteiger partial charge in [-0.2, -0.15) is 0 Å². The maximum Gasteiger partial charge on any atom is 0.410 e. The molecule has 0 atom stereocenters. The van der Waals surface area contributed by atoms with Crippen LogP contribution in [0.1, 0.15) is 91.7 Å². The van der Waals surface area contributed by atoms with Crippen molar-refractivity contribution in [2.75, 3.05) is 46.4 Å². The third-order valence-electron chi connectivity index (χ3n) is 9.12. The summed E-state index contributed by atoms with van der Waals surface area (Å²) in [6.45, 7) is 15.0. The van der Waals surface area contributed by atoms with E-state index in [0.29, 0.717) is 57.7 Å². The van der Waals surface area contributed by atoms with Gasteiger partial charge in [0, 0.05) is 117 Å².